The van der Waals surface area contributed by atoms with E-state index in [1.54, 1.807) is 24.5 Å². The fourth-order valence-corrected chi connectivity index (χ4v) is 4.61. The second kappa shape index (κ2) is 9.62. The highest BCUT2D eigenvalue weighted by Gasteiger charge is 2.31. The third kappa shape index (κ3) is 5.01. The Labute approximate surface area is 192 Å². The molecule has 1 aromatic carbocycles. The van der Waals surface area contributed by atoms with Gasteiger partial charge in [0.15, 0.2) is 5.82 Å². The molecule has 2 aromatic heterocycles. The molecule has 3 aromatic rings. The van der Waals surface area contributed by atoms with Gasteiger partial charge in [-0.1, -0.05) is 6.07 Å². The van der Waals surface area contributed by atoms with Crippen molar-refractivity contribution in [2.24, 2.45) is 0 Å². The first-order valence-electron chi connectivity index (χ1n) is 11.5. The lowest BCUT2D eigenvalue weighted by atomic mass is 9.93. The highest BCUT2D eigenvalue weighted by atomic mass is 19.1. The lowest BCUT2D eigenvalue weighted by Crippen LogP contribution is -2.47. The molecule has 7 nitrogen and oxygen atoms in total. The number of aromatic nitrogens is 3. The zero-order valence-corrected chi connectivity index (χ0v) is 18.4. The number of nitrogens with one attached hydrogen (secondary N) is 2. The quantitative estimate of drug-likeness (QED) is 0.619. The number of rotatable bonds is 5. The molecule has 2 aliphatic heterocycles. The average Bonchev–Trinajstić information content (AvgIpc) is 3.39. The minimum atomic E-state index is -0.316. The molecule has 0 unspecified atom stereocenters. The van der Waals surface area contributed by atoms with Crippen LogP contribution in [0.3, 0.4) is 0 Å². The Hall–Kier alpha value is -3.39. The first-order valence-corrected chi connectivity index (χ1v) is 11.5. The number of anilines is 2. The minimum Gasteiger partial charge on any atom is -0.341 e. The van der Waals surface area contributed by atoms with Crippen molar-refractivity contribution in [3.05, 3.63) is 66.4 Å². The van der Waals surface area contributed by atoms with E-state index >= 15 is 0 Å². The van der Waals surface area contributed by atoms with Crippen LogP contribution in [0.5, 0.6) is 0 Å². The van der Waals surface area contributed by atoms with Crippen molar-refractivity contribution in [2.45, 2.75) is 37.6 Å². The molecule has 33 heavy (non-hydrogen) atoms. The molecule has 5 rings (SSSR count). The number of amides is 1. The van der Waals surface area contributed by atoms with Crippen LogP contribution in [0.15, 0.2) is 54.9 Å². The molecule has 2 aliphatic rings. The SMILES string of the molecule is O=C([C@@H]1CCCN1)N1CCC[C@H](c2cc(Nc3cccc(F)c3)nc(-c3cccnc3)n2)C1. The van der Waals surface area contributed by atoms with E-state index in [9.17, 15) is 9.18 Å². The summed E-state index contributed by atoms with van der Waals surface area (Å²) in [6, 6.07) is 11.9. The molecule has 1 amide bonds. The summed E-state index contributed by atoms with van der Waals surface area (Å²) in [4.78, 5) is 28.7. The summed E-state index contributed by atoms with van der Waals surface area (Å²) in [5.41, 5.74) is 2.30. The van der Waals surface area contributed by atoms with Gasteiger partial charge in [0.25, 0.3) is 0 Å². The summed E-state index contributed by atoms with van der Waals surface area (Å²) in [6.45, 7) is 2.32. The zero-order chi connectivity index (χ0) is 22.6. The first-order chi connectivity index (χ1) is 16.2. The first kappa shape index (κ1) is 21.5. The second-order valence-electron chi connectivity index (χ2n) is 8.65. The van der Waals surface area contributed by atoms with Gasteiger partial charge in [0.2, 0.25) is 5.91 Å². The van der Waals surface area contributed by atoms with Crippen LogP contribution in [0, 0.1) is 5.82 Å². The lowest BCUT2D eigenvalue weighted by molar-refractivity contribution is -0.134. The smallest absolute Gasteiger partial charge is 0.239 e. The molecule has 0 bridgehead atoms. The van der Waals surface area contributed by atoms with Crippen LogP contribution in [-0.2, 0) is 4.79 Å². The monoisotopic (exact) mass is 446 g/mol. The van der Waals surface area contributed by atoms with Gasteiger partial charge in [-0.05, 0) is 62.6 Å². The molecular formula is C25H27FN6O. The normalized spacial score (nSPS) is 20.6. The molecule has 2 saturated heterocycles. The summed E-state index contributed by atoms with van der Waals surface area (Å²) < 4.78 is 13.7. The van der Waals surface area contributed by atoms with Crippen LogP contribution in [0.1, 0.15) is 37.3 Å². The van der Waals surface area contributed by atoms with Crippen LogP contribution in [0.25, 0.3) is 11.4 Å². The Bertz CT molecular complexity index is 1120. The van der Waals surface area contributed by atoms with Gasteiger partial charge in [0.05, 0.1) is 11.7 Å². The number of piperidine rings is 1. The van der Waals surface area contributed by atoms with Crippen LogP contribution < -0.4 is 10.6 Å². The number of halogens is 1. The fourth-order valence-electron chi connectivity index (χ4n) is 4.61. The molecule has 2 fully saturated rings. The van der Waals surface area contributed by atoms with Crippen LogP contribution >= 0.6 is 0 Å². The highest BCUT2D eigenvalue weighted by molar-refractivity contribution is 5.82. The summed E-state index contributed by atoms with van der Waals surface area (Å²) in [6.07, 6.45) is 7.27. The van der Waals surface area contributed by atoms with E-state index in [-0.39, 0.29) is 23.7 Å². The van der Waals surface area contributed by atoms with Gasteiger partial charge in [0.1, 0.15) is 11.6 Å². The number of benzene rings is 1. The van der Waals surface area contributed by atoms with E-state index in [1.807, 2.05) is 23.1 Å². The standard InChI is InChI=1S/C25H27FN6O/c26-19-7-1-8-20(13-19)29-23-14-22(30-24(31-23)17-5-2-10-27-15-17)18-6-4-12-32(16-18)25(33)21-9-3-11-28-21/h1-2,5,7-8,10,13-15,18,21,28H,3-4,6,9,11-12,16H2,(H,29,30,31)/t18-,21-/m0/s1. The van der Waals surface area contributed by atoms with Gasteiger partial charge in [-0.2, -0.15) is 0 Å². The summed E-state index contributed by atoms with van der Waals surface area (Å²) in [5.74, 6) is 1.13. The van der Waals surface area contributed by atoms with Gasteiger partial charge in [-0.15, -0.1) is 0 Å². The predicted molar refractivity (Wildman–Crippen MR) is 125 cm³/mol. The largest absolute Gasteiger partial charge is 0.341 e. The summed E-state index contributed by atoms with van der Waals surface area (Å²) in [5, 5.41) is 6.53. The van der Waals surface area contributed by atoms with E-state index in [4.69, 9.17) is 4.98 Å². The maximum absolute atomic E-state index is 13.7. The van der Waals surface area contributed by atoms with Gasteiger partial charge in [-0.25, -0.2) is 14.4 Å². The third-order valence-corrected chi connectivity index (χ3v) is 6.27. The van der Waals surface area contributed by atoms with Crippen LogP contribution in [-0.4, -0.2) is 51.4 Å². The zero-order valence-electron chi connectivity index (χ0n) is 18.4. The number of carbonyl (C=O) groups is 1. The second-order valence-corrected chi connectivity index (χ2v) is 8.65. The van der Waals surface area contributed by atoms with Crippen molar-refractivity contribution in [3.8, 4) is 11.4 Å². The molecule has 2 atom stereocenters. The number of pyridine rings is 1. The average molecular weight is 447 g/mol. The molecule has 0 spiro atoms. The molecule has 170 valence electrons. The van der Waals surface area contributed by atoms with Gasteiger partial charge in [0, 0.05) is 48.7 Å². The van der Waals surface area contributed by atoms with E-state index < -0.39 is 0 Å². The molecule has 4 heterocycles. The molecule has 2 N–H and O–H groups in total. The fraction of sp³-hybridized carbons (Fsp3) is 0.360. The Kier molecular flexibility index (Phi) is 6.26. The van der Waals surface area contributed by atoms with Crippen molar-refractivity contribution in [1.82, 2.24) is 25.2 Å². The summed E-state index contributed by atoms with van der Waals surface area (Å²) in [7, 11) is 0. The van der Waals surface area contributed by atoms with Crippen molar-refractivity contribution in [2.75, 3.05) is 25.0 Å². The minimum absolute atomic E-state index is 0.0645. The van der Waals surface area contributed by atoms with Gasteiger partial charge >= 0.3 is 0 Å². The van der Waals surface area contributed by atoms with E-state index in [0.717, 1.165) is 50.0 Å². The number of likely N-dealkylation sites (tertiary alicyclic amines) is 1. The van der Waals surface area contributed by atoms with E-state index in [2.05, 4.69) is 20.6 Å². The van der Waals surface area contributed by atoms with Crippen molar-refractivity contribution >= 4 is 17.4 Å². The topological polar surface area (TPSA) is 83.0 Å². The van der Waals surface area contributed by atoms with Crippen molar-refractivity contribution in [3.63, 3.8) is 0 Å². The molecular weight excluding hydrogens is 419 g/mol. The maximum atomic E-state index is 13.7. The van der Waals surface area contributed by atoms with E-state index in [0.29, 0.717) is 23.9 Å². The lowest BCUT2D eigenvalue weighted by Gasteiger charge is -2.34. The van der Waals surface area contributed by atoms with Crippen LogP contribution in [0.2, 0.25) is 0 Å². The van der Waals surface area contributed by atoms with Gasteiger partial charge in [-0.3, -0.25) is 9.78 Å². The Balaban J connectivity index is 1.44. The van der Waals surface area contributed by atoms with E-state index in [1.165, 1.54) is 12.1 Å². The Morgan fingerprint density at radius 3 is 2.85 bits per heavy atom. The Morgan fingerprint density at radius 2 is 2.06 bits per heavy atom. The van der Waals surface area contributed by atoms with Crippen molar-refractivity contribution in [1.29, 1.82) is 0 Å². The maximum Gasteiger partial charge on any atom is 0.239 e. The number of hydrogen-bond acceptors (Lipinski definition) is 6. The highest BCUT2D eigenvalue weighted by Crippen LogP contribution is 2.30. The van der Waals surface area contributed by atoms with Crippen LogP contribution in [0.4, 0.5) is 15.9 Å². The van der Waals surface area contributed by atoms with Crippen molar-refractivity contribution < 1.29 is 9.18 Å². The number of nitrogens with zero attached hydrogens (tertiary/aromatic N) is 4. The number of carbonyl (C=O) groups excluding carboxylic acids is 1. The summed E-state index contributed by atoms with van der Waals surface area (Å²) >= 11 is 0. The van der Waals surface area contributed by atoms with Gasteiger partial charge < -0.3 is 15.5 Å². The molecule has 0 saturated carbocycles. The Morgan fingerprint density at radius 1 is 1.12 bits per heavy atom. The third-order valence-electron chi connectivity index (χ3n) is 6.27. The molecule has 8 heteroatoms. The molecule has 0 radical (unpaired) electrons. The molecule has 0 aliphatic carbocycles. The predicted octanol–water partition coefficient (Wildman–Crippen LogP) is 3.88. The number of hydrogen-bond donors (Lipinski definition) is 2.